The van der Waals surface area contributed by atoms with Crippen LogP contribution in [0.4, 0.5) is 0 Å². The summed E-state index contributed by atoms with van der Waals surface area (Å²) < 4.78 is 5.32. The zero-order chi connectivity index (χ0) is 13.7. The molecule has 1 atom stereocenters. The van der Waals surface area contributed by atoms with Gasteiger partial charge in [0.15, 0.2) is 5.82 Å². The van der Waals surface area contributed by atoms with Gasteiger partial charge >= 0.3 is 0 Å². The highest BCUT2D eigenvalue weighted by atomic mass is 16.5. The van der Waals surface area contributed by atoms with E-state index in [1.165, 1.54) is 19.3 Å². The van der Waals surface area contributed by atoms with E-state index >= 15 is 0 Å². The van der Waals surface area contributed by atoms with Gasteiger partial charge in [0.25, 0.3) is 0 Å². The molecule has 0 bridgehead atoms. The van der Waals surface area contributed by atoms with Crippen LogP contribution in [0.1, 0.15) is 57.7 Å². The van der Waals surface area contributed by atoms with Crippen molar-refractivity contribution in [2.24, 2.45) is 0 Å². The van der Waals surface area contributed by atoms with Crippen LogP contribution in [0.15, 0.2) is 4.52 Å². The minimum atomic E-state index is 0.326. The molecule has 5 heteroatoms. The quantitative estimate of drug-likeness (QED) is 0.855. The number of rotatable bonds is 6. The van der Waals surface area contributed by atoms with Crippen molar-refractivity contribution < 1.29 is 4.52 Å². The van der Waals surface area contributed by atoms with Gasteiger partial charge in [0.1, 0.15) is 0 Å². The topological polar surface area (TPSA) is 54.2 Å². The number of hydrogen-bond acceptors (Lipinski definition) is 5. The Labute approximate surface area is 115 Å². The van der Waals surface area contributed by atoms with Gasteiger partial charge < -0.3 is 9.84 Å². The Morgan fingerprint density at radius 2 is 2.26 bits per heavy atom. The number of likely N-dealkylation sites (N-methyl/N-ethyl adjacent to an activating group) is 1. The molecule has 19 heavy (non-hydrogen) atoms. The smallest absolute Gasteiger partial charge is 0.240 e. The maximum absolute atomic E-state index is 5.32. The fourth-order valence-corrected chi connectivity index (χ4v) is 2.46. The van der Waals surface area contributed by atoms with Crippen LogP contribution in [0.5, 0.6) is 0 Å². The molecular weight excluding hydrogens is 240 g/mol. The van der Waals surface area contributed by atoms with Crippen molar-refractivity contribution >= 4 is 0 Å². The fraction of sp³-hybridized carbons (Fsp3) is 0.857. The summed E-state index contributed by atoms with van der Waals surface area (Å²) in [5.74, 6) is 1.87. The first-order valence-electron chi connectivity index (χ1n) is 7.47. The van der Waals surface area contributed by atoms with E-state index in [9.17, 15) is 0 Å². The molecule has 0 saturated carbocycles. The monoisotopic (exact) mass is 266 g/mol. The van der Waals surface area contributed by atoms with Gasteiger partial charge in [0, 0.05) is 18.5 Å². The molecule has 108 valence electrons. The van der Waals surface area contributed by atoms with Crippen molar-refractivity contribution in [1.82, 2.24) is 20.4 Å². The van der Waals surface area contributed by atoms with E-state index in [0.29, 0.717) is 12.0 Å². The summed E-state index contributed by atoms with van der Waals surface area (Å²) in [4.78, 5) is 6.83. The second kappa shape index (κ2) is 7.01. The Balaban J connectivity index is 1.86. The lowest BCUT2D eigenvalue weighted by Gasteiger charge is -2.29. The Bertz CT molecular complexity index is 371. The highest BCUT2D eigenvalue weighted by Gasteiger charge is 2.18. The summed E-state index contributed by atoms with van der Waals surface area (Å²) >= 11 is 0. The van der Waals surface area contributed by atoms with E-state index in [2.05, 4.69) is 41.1 Å². The average Bonchev–Trinajstić information content (AvgIpc) is 2.88. The summed E-state index contributed by atoms with van der Waals surface area (Å²) in [5.41, 5.74) is 0. The van der Waals surface area contributed by atoms with E-state index in [1.807, 2.05) is 0 Å². The number of hydrogen-bond donors (Lipinski definition) is 1. The molecule has 1 aromatic heterocycles. The SMILES string of the molecule is CCN(Cc1nc(C(C)C)no1)CC1CCCCN1. The van der Waals surface area contributed by atoms with E-state index in [0.717, 1.165) is 37.9 Å². The summed E-state index contributed by atoms with van der Waals surface area (Å²) in [6.45, 7) is 10.3. The van der Waals surface area contributed by atoms with Crippen LogP contribution in [0.2, 0.25) is 0 Å². The van der Waals surface area contributed by atoms with E-state index < -0.39 is 0 Å². The Morgan fingerprint density at radius 1 is 1.42 bits per heavy atom. The van der Waals surface area contributed by atoms with Crippen molar-refractivity contribution in [3.63, 3.8) is 0 Å². The van der Waals surface area contributed by atoms with Crippen LogP contribution in [0, 0.1) is 0 Å². The molecule has 1 aromatic rings. The standard InChI is InChI=1S/C14H26N4O/c1-4-18(9-12-7-5-6-8-15-12)10-13-16-14(11(2)3)17-19-13/h11-12,15H,4-10H2,1-3H3. The van der Waals surface area contributed by atoms with E-state index in [1.54, 1.807) is 0 Å². The lowest BCUT2D eigenvalue weighted by atomic mass is 10.0. The predicted molar refractivity (Wildman–Crippen MR) is 75.0 cm³/mol. The summed E-state index contributed by atoms with van der Waals surface area (Å²) in [5, 5.41) is 7.61. The lowest BCUT2D eigenvalue weighted by molar-refractivity contribution is 0.201. The summed E-state index contributed by atoms with van der Waals surface area (Å²) in [7, 11) is 0. The van der Waals surface area contributed by atoms with Gasteiger partial charge in [-0.25, -0.2) is 0 Å². The van der Waals surface area contributed by atoms with Crippen LogP contribution in [0.25, 0.3) is 0 Å². The van der Waals surface area contributed by atoms with Crippen molar-refractivity contribution in [1.29, 1.82) is 0 Å². The van der Waals surface area contributed by atoms with Crippen LogP contribution in [-0.4, -0.2) is 40.7 Å². The molecule has 1 N–H and O–H groups in total. The van der Waals surface area contributed by atoms with Gasteiger partial charge in [-0.3, -0.25) is 4.90 Å². The van der Waals surface area contributed by atoms with Crippen LogP contribution in [-0.2, 0) is 6.54 Å². The van der Waals surface area contributed by atoms with Crippen molar-refractivity contribution in [2.75, 3.05) is 19.6 Å². The normalized spacial score (nSPS) is 20.4. The fourth-order valence-electron chi connectivity index (χ4n) is 2.46. The zero-order valence-corrected chi connectivity index (χ0v) is 12.4. The van der Waals surface area contributed by atoms with Gasteiger partial charge in [-0.2, -0.15) is 4.98 Å². The van der Waals surface area contributed by atoms with E-state index in [-0.39, 0.29) is 0 Å². The van der Waals surface area contributed by atoms with Gasteiger partial charge in [-0.1, -0.05) is 32.3 Å². The van der Waals surface area contributed by atoms with Gasteiger partial charge in [0.2, 0.25) is 5.89 Å². The molecule has 2 heterocycles. The highest BCUT2D eigenvalue weighted by Crippen LogP contribution is 2.13. The first-order valence-corrected chi connectivity index (χ1v) is 7.47. The molecule has 1 aliphatic rings. The first kappa shape index (κ1) is 14.5. The molecule has 1 saturated heterocycles. The molecule has 0 aliphatic carbocycles. The molecule has 1 fully saturated rings. The molecule has 2 rings (SSSR count). The van der Waals surface area contributed by atoms with Crippen LogP contribution >= 0.6 is 0 Å². The second-order valence-corrected chi connectivity index (χ2v) is 5.68. The number of aromatic nitrogens is 2. The third-order valence-electron chi connectivity index (χ3n) is 3.70. The molecule has 0 radical (unpaired) electrons. The Kier molecular flexibility index (Phi) is 5.34. The van der Waals surface area contributed by atoms with Gasteiger partial charge in [-0.05, 0) is 25.9 Å². The zero-order valence-electron chi connectivity index (χ0n) is 12.4. The highest BCUT2D eigenvalue weighted by molar-refractivity contribution is 4.92. The molecule has 0 spiro atoms. The van der Waals surface area contributed by atoms with Gasteiger partial charge in [-0.15, -0.1) is 0 Å². The minimum Gasteiger partial charge on any atom is -0.338 e. The predicted octanol–water partition coefficient (Wildman–Crippen LogP) is 2.16. The first-order chi connectivity index (χ1) is 9.19. The largest absolute Gasteiger partial charge is 0.338 e. The van der Waals surface area contributed by atoms with Crippen molar-refractivity contribution in [3.05, 3.63) is 11.7 Å². The molecule has 0 amide bonds. The molecule has 0 aromatic carbocycles. The lowest BCUT2D eigenvalue weighted by Crippen LogP contribution is -2.43. The molecular formula is C14H26N4O. The third-order valence-corrected chi connectivity index (χ3v) is 3.70. The van der Waals surface area contributed by atoms with Crippen LogP contribution < -0.4 is 5.32 Å². The maximum atomic E-state index is 5.32. The average molecular weight is 266 g/mol. The second-order valence-electron chi connectivity index (χ2n) is 5.68. The summed E-state index contributed by atoms with van der Waals surface area (Å²) in [6.07, 6.45) is 3.93. The van der Waals surface area contributed by atoms with E-state index in [4.69, 9.17) is 4.52 Å². The minimum absolute atomic E-state index is 0.326. The van der Waals surface area contributed by atoms with Crippen LogP contribution in [0.3, 0.4) is 0 Å². The number of nitrogens with one attached hydrogen (secondary N) is 1. The number of nitrogens with zero attached hydrogens (tertiary/aromatic N) is 3. The molecule has 1 aliphatic heterocycles. The maximum Gasteiger partial charge on any atom is 0.240 e. The number of piperidine rings is 1. The van der Waals surface area contributed by atoms with Crippen molar-refractivity contribution in [3.8, 4) is 0 Å². The van der Waals surface area contributed by atoms with Gasteiger partial charge in [0.05, 0.1) is 6.54 Å². The van der Waals surface area contributed by atoms with Crippen molar-refractivity contribution in [2.45, 2.75) is 58.5 Å². The Morgan fingerprint density at radius 3 is 2.84 bits per heavy atom. The molecule has 1 unspecified atom stereocenters. The molecule has 5 nitrogen and oxygen atoms in total. The Hall–Kier alpha value is -0.940. The third kappa shape index (κ3) is 4.28. The summed E-state index contributed by atoms with van der Waals surface area (Å²) in [6, 6.07) is 0.612.